The first-order valence-corrected chi connectivity index (χ1v) is 15.4. The Hall–Kier alpha value is -2.85. The predicted octanol–water partition coefficient (Wildman–Crippen LogP) is 4.55. The van der Waals surface area contributed by atoms with Crippen LogP contribution in [0.15, 0.2) is 59.6 Å². The normalized spacial score (nSPS) is 22.4. The second-order valence-electron chi connectivity index (χ2n) is 11.0. The van der Waals surface area contributed by atoms with Gasteiger partial charge < -0.3 is 15.0 Å². The third-order valence-electron chi connectivity index (χ3n) is 6.38. The van der Waals surface area contributed by atoms with Crippen molar-refractivity contribution in [2.75, 3.05) is 16.4 Å². The summed E-state index contributed by atoms with van der Waals surface area (Å²) in [6, 6.07) is 16.0. The second kappa shape index (κ2) is 11.1. The molecule has 1 N–H and O–H groups in total. The molecule has 3 atom stereocenters. The van der Waals surface area contributed by atoms with E-state index < -0.39 is 33.5 Å². The van der Waals surface area contributed by atoms with Crippen LogP contribution in [0.1, 0.15) is 51.7 Å². The van der Waals surface area contributed by atoms with Gasteiger partial charge in [-0.1, -0.05) is 68.1 Å². The molecule has 2 aliphatic heterocycles. The number of fused-ring (bicyclic) bond motifs is 1. The highest BCUT2D eigenvalue weighted by Gasteiger charge is 2.49. The van der Waals surface area contributed by atoms with Crippen molar-refractivity contribution in [1.82, 2.24) is 5.32 Å². The molecule has 2 amide bonds. The number of aliphatic imine (C=N–C) groups is 1. The lowest BCUT2D eigenvalue weighted by atomic mass is 10.0. The summed E-state index contributed by atoms with van der Waals surface area (Å²) >= 11 is 1.31. The molecule has 0 saturated carbocycles. The van der Waals surface area contributed by atoms with E-state index in [0.29, 0.717) is 11.1 Å². The van der Waals surface area contributed by atoms with Crippen molar-refractivity contribution >= 4 is 44.5 Å². The van der Waals surface area contributed by atoms with Gasteiger partial charge in [-0.25, -0.2) is 13.2 Å². The number of nitrogens with one attached hydrogen (secondary N) is 1. The Labute approximate surface area is 229 Å². The lowest BCUT2D eigenvalue weighted by molar-refractivity contribution is -0.119. The van der Waals surface area contributed by atoms with E-state index in [2.05, 4.69) is 24.2 Å². The highest BCUT2D eigenvalue weighted by atomic mass is 32.2. The molecule has 2 aliphatic rings. The van der Waals surface area contributed by atoms with E-state index in [0.717, 1.165) is 16.8 Å². The SMILES string of the molecule is CC(C)c1ccc(N2C(=NC(=O)[C@@H](Cc3ccccc3)NC(=O)OC(C)(C)C)S[C@H]3CS(=O)(=O)C[C@H]32)cc1. The number of hydrogen-bond acceptors (Lipinski definition) is 6. The molecule has 8 nitrogen and oxygen atoms in total. The number of nitrogens with zero attached hydrogens (tertiary/aromatic N) is 2. The van der Waals surface area contributed by atoms with Gasteiger partial charge in [-0.2, -0.15) is 4.99 Å². The van der Waals surface area contributed by atoms with E-state index >= 15 is 0 Å². The number of alkyl carbamates (subject to hydrolysis) is 1. The third-order valence-corrected chi connectivity index (χ3v) is 9.59. The first kappa shape index (κ1) is 28.2. The van der Waals surface area contributed by atoms with Crippen LogP contribution in [0.5, 0.6) is 0 Å². The zero-order valence-electron chi connectivity index (χ0n) is 22.4. The predicted molar refractivity (Wildman–Crippen MR) is 153 cm³/mol. The topological polar surface area (TPSA) is 105 Å². The third kappa shape index (κ3) is 6.96. The Morgan fingerprint density at radius 2 is 1.74 bits per heavy atom. The molecule has 0 spiro atoms. The number of carbonyl (C=O) groups is 2. The number of thioether (sulfide) groups is 1. The van der Waals surface area contributed by atoms with Gasteiger partial charge in [0.15, 0.2) is 15.0 Å². The molecule has 0 unspecified atom stereocenters. The smallest absolute Gasteiger partial charge is 0.408 e. The van der Waals surface area contributed by atoms with Crippen molar-refractivity contribution in [1.29, 1.82) is 0 Å². The molecule has 38 heavy (non-hydrogen) atoms. The minimum Gasteiger partial charge on any atom is -0.444 e. The molecule has 2 aromatic rings. The average Bonchev–Trinajstić information content (AvgIpc) is 3.28. The van der Waals surface area contributed by atoms with Gasteiger partial charge in [-0.3, -0.25) is 4.79 Å². The number of amides is 2. The first-order valence-electron chi connectivity index (χ1n) is 12.7. The number of carbonyl (C=O) groups excluding carboxylic acids is 2. The van der Waals surface area contributed by atoms with Gasteiger partial charge in [0.05, 0.1) is 17.5 Å². The molecule has 0 radical (unpaired) electrons. The summed E-state index contributed by atoms with van der Waals surface area (Å²) < 4.78 is 30.3. The first-order chi connectivity index (χ1) is 17.8. The molecule has 204 valence electrons. The van der Waals surface area contributed by atoms with Crippen molar-refractivity contribution in [3.63, 3.8) is 0 Å². The van der Waals surface area contributed by atoms with Gasteiger partial charge in [0.2, 0.25) is 0 Å². The van der Waals surface area contributed by atoms with Crippen molar-refractivity contribution in [3.8, 4) is 0 Å². The van der Waals surface area contributed by atoms with E-state index in [1.54, 1.807) is 20.8 Å². The van der Waals surface area contributed by atoms with E-state index in [1.165, 1.54) is 11.8 Å². The summed E-state index contributed by atoms with van der Waals surface area (Å²) in [5.41, 5.74) is 2.10. The number of anilines is 1. The fourth-order valence-corrected chi connectivity index (χ4v) is 8.48. The van der Waals surface area contributed by atoms with E-state index in [9.17, 15) is 18.0 Å². The minimum absolute atomic E-state index is 0.00735. The molecular formula is C28H35N3O5S2. The standard InChI is InChI=1S/C28H35N3O5S2/c1-18(2)20-11-13-21(14-12-20)31-23-16-38(34,35)17-24(23)37-26(31)30-25(32)22(15-19-9-7-6-8-10-19)29-27(33)36-28(3,4)5/h6-14,18,22-24H,15-17H2,1-5H3,(H,29,33)/t22-,23-,24+/m1/s1. The van der Waals surface area contributed by atoms with Gasteiger partial charge in [-0.15, -0.1) is 0 Å². The van der Waals surface area contributed by atoms with E-state index in [1.807, 2.05) is 59.5 Å². The number of rotatable bonds is 6. The van der Waals surface area contributed by atoms with Crippen LogP contribution < -0.4 is 10.2 Å². The molecule has 0 bridgehead atoms. The summed E-state index contributed by atoms with van der Waals surface area (Å²) in [6.07, 6.45) is -0.458. The molecule has 2 aromatic carbocycles. The van der Waals surface area contributed by atoms with Crippen LogP contribution in [0.4, 0.5) is 10.5 Å². The van der Waals surface area contributed by atoms with Crippen LogP contribution in [-0.4, -0.2) is 60.0 Å². The highest BCUT2D eigenvalue weighted by Crippen LogP contribution is 2.41. The maximum Gasteiger partial charge on any atom is 0.408 e. The number of benzene rings is 2. The number of hydrogen-bond donors (Lipinski definition) is 1. The van der Waals surface area contributed by atoms with Gasteiger partial charge in [0.1, 0.15) is 11.6 Å². The summed E-state index contributed by atoms with van der Waals surface area (Å²) in [7, 11) is -3.19. The lowest BCUT2D eigenvalue weighted by Gasteiger charge is -2.26. The van der Waals surface area contributed by atoms with Crippen LogP contribution in [-0.2, 0) is 25.8 Å². The minimum atomic E-state index is -3.19. The fourth-order valence-electron chi connectivity index (χ4n) is 4.56. The number of ether oxygens (including phenoxy) is 1. The van der Waals surface area contributed by atoms with E-state index in [4.69, 9.17) is 4.74 Å². The largest absolute Gasteiger partial charge is 0.444 e. The van der Waals surface area contributed by atoms with Gasteiger partial charge in [-0.05, 0) is 49.9 Å². The quantitative estimate of drug-likeness (QED) is 0.556. The fraction of sp³-hybridized carbons (Fsp3) is 0.464. The molecule has 0 aliphatic carbocycles. The lowest BCUT2D eigenvalue weighted by Crippen LogP contribution is -2.45. The van der Waals surface area contributed by atoms with Crippen LogP contribution in [0.2, 0.25) is 0 Å². The molecule has 2 heterocycles. The highest BCUT2D eigenvalue weighted by molar-refractivity contribution is 8.16. The van der Waals surface area contributed by atoms with Crippen LogP contribution in [0, 0.1) is 0 Å². The van der Waals surface area contributed by atoms with Gasteiger partial charge in [0, 0.05) is 17.4 Å². The molecular weight excluding hydrogens is 522 g/mol. The van der Waals surface area contributed by atoms with Crippen molar-refractivity contribution < 1.29 is 22.7 Å². The average molecular weight is 558 g/mol. The van der Waals surface area contributed by atoms with Crippen LogP contribution in [0.25, 0.3) is 0 Å². The van der Waals surface area contributed by atoms with Crippen molar-refractivity contribution in [2.24, 2.45) is 4.99 Å². The summed E-state index contributed by atoms with van der Waals surface area (Å²) in [5.74, 6) is -0.120. The molecule has 4 rings (SSSR count). The Balaban J connectivity index is 1.65. The molecule has 2 saturated heterocycles. The maximum atomic E-state index is 13.6. The Kier molecular flexibility index (Phi) is 8.23. The Bertz CT molecular complexity index is 1300. The maximum absolute atomic E-state index is 13.6. The summed E-state index contributed by atoms with van der Waals surface area (Å²) in [6.45, 7) is 9.48. The van der Waals surface area contributed by atoms with Crippen LogP contribution in [0.3, 0.4) is 0 Å². The second-order valence-corrected chi connectivity index (χ2v) is 14.4. The van der Waals surface area contributed by atoms with Gasteiger partial charge in [0.25, 0.3) is 5.91 Å². The zero-order valence-corrected chi connectivity index (χ0v) is 24.0. The number of sulfone groups is 1. The van der Waals surface area contributed by atoms with Crippen molar-refractivity contribution in [2.45, 2.75) is 69.9 Å². The molecule has 2 fully saturated rings. The molecule has 10 heteroatoms. The zero-order chi connectivity index (χ0) is 27.7. The summed E-state index contributed by atoms with van der Waals surface area (Å²) in [4.78, 5) is 32.5. The van der Waals surface area contributed by atoms with E-state index in [-0.39, 0.29) is 29.2 Å². The van der Waals surface area contributed by atoms with Crippen LogP contribution >= 0.6 is 11.8 Å². The Morgan fingerprint density at radius 3 is 2.34 bits per heavy atom. The van der Waals surface area contributed by atoms with Crippen molar-refractivity contribution in [3.05, 3.63) is 65.7 Å². The number of amidine groups is 1. The summed E-state index contributed by atoms with van der Waals surface area (Å²) in [5, 5.41) is 2.92. The monoisotopic (exact) mass is 557 g/mol. The molecule has 0 aromatic heterocycles. The van der Waals surface area contributed by atoms with Gasteiger partial charge >= 0.3 is 6.09 Å². The Morgan fingerprint density at radius 1 is 1.08 bits per heavy atom.